The van der Waals surface area contributed by atoms with Crippen molar-refractivity contribution in [2.45, 2.75) is 0 Å². The van der Waals surface area contributed by atoms with Gasteiger partial charge in [-0.05, 0) is 0 Å². The Bertz CT molecular complexity index is 55.3. The summed E-state index contributed by atoms with van der Waals surface area (Å²) < 4.78 is 24.1. The maximum atomic E-state index is 8.56. The molecule has 0 aromatic rings. The maximum absolute atomic E-state index is 8.56. The van der Waals surface area contributed by atoms with Crippen molar-refractivity contribution in [1.82, 2.24) is 0 Å². The predicted molar refractivity (Wildman–Crippen MR) is 17.1 cm³/mol. The third-order valence-electron chi connectivity index (χ3n) is 0. The van der Waals surface area contributed by atoms with E-state index >= 15 is 0 Å². The molecule has 0 saturated carbocycles. The first-order valence-corrected chi connectivity index (χ1v) is 1.55. The van der Waals surface area contributed by atoms with Crippen LogP contribution in [-0.2, 0) is 19.4 Å². The fourth-order valence-electron chi connectivity index (χ4n) is 0. The molecule has 5 heavy (non-hydrogen) atoms. The molecule has 0 aromatic carbocycles. The van der Waals surface area contributed by atoms with E-state index in [0.717, 1.165) is 0 Å². The van der Waals surface area contributed by atoms with E-state index in [1.54, 1.807) is 0 Å². The first kappa shape index (κ1) is 9.21. The maximum Gasteiger partial charge on any atom is 0.0495 e. The van der Waals surface area contributed by atoms with Gasteiger partial charge in [-0.1, -0.05) is 0 Å². The molecule has 0 bridgehead atoms. The normalized spacial score (nSPS) is 6.80. The van der Waals surface area contributed by atoms with Gasteiger partial charge in [0.1, 0.15) is 0 Å². The van der Waals surface area contributed by atoms with Crippen LogP contribution in [0.25, 0.3) is 0 Å². The van der Waals surface area contributed by atoms with Gasteiger partial charge in [0.15, 0.2) is 0 Å². The van der Waals surface area contributed by atoms with Crippen molar-refractivity contribution in [1.29, 1.82) is 0 Å². The summed E-state index contributed by atoms with van der Waals surface area (Å²) in [7, 11) is -2.86. The van der Waals surface area contributed by atoms with E-state index in [4.69, 9.17) is 13.0 Å². The molecule has 0 heterocycles. The van der Waals surface area contributed by atoms with E-state index in [-0.39, 0.29) is 24.4 Å². The molecule has 3 radical (unpaired) electrons. The molecule has 0 rings (SSSR count). The zero-order valence-electron chi connectivity index (χ0n) is 2.12. The summed E-state index contributed by atoms with van der Waals surface area (Å²) in [5.41, 5.74) is 0. The van der Waals surface area contributed by atoms with E-state index < -0.39 is 11.0 Å². The third kappa shape index (κ3) is 66.4. The molecular formula is HO3SSb-. The van der Waals surface area contributed by atoms with Gasteiger partial charge in [0.2, 0.25) is 0 Å². The fourth-order valence-corrected chi connectivity index (χ4v) is 0. The monoisotopic (exact) mass is 202 g/mol. The van der Waals surface area contributed by atoms with Crippen molar-refractivity contribution < 1.29 is 13.0 Å². The van der Waals surface area contributed by atoms with Crippen LogP contribution in [0, 0.1) is 0 Å². The summed E-state index contributed by atoms with van der Waals surface area (Å²) >= 11 is 0. The zero-order chi connectivity index (χ0) is 3.58. The topological polar surface area (TPSA) is 54.4 Å². The minimum absolute atomic E-state index is 0. The molecule has 0 aliphatic carbocycles. The number of rotatable bonds is 0. The predicted octanol–water partition coefficient (Wildman–Crippen LogP) is -0.612. The Morgan fingerprint density at radius 1 is 1.40 bits per heavy atom. The van der Waals surface area contributed by atoms with Gasteiger partial charge in [0, 0.05) is 35.4 Å². The summed E-state index contributed by atoms with van der Waals surface area (Å²) in [6.07, 6.45) is 0. The Balaban J connectivity index is 0. The summed E-state index contributed by atoms with van der Waals surface area (Å²) in [6, 6.07) is 0. The molecule has 0 aromatic heterocycles. The van der Waals surface area contributed by atoms with E-state index in [2.05, 4.69) is 0 Å². The molecule has 0 saturated heterocycles. The minimum Gasteiger partial charge on any atom is -0.439 e. The molecule has 0 spiro atoms. The molecule has 3 nitrogen and oxygen atoms in total. The molecule has 0 fully saturated rings. The second kappa shape index (κ2) is 4.73. The van der Waals surface area contributed by atoms with Crippen molar-refractivity contribution in [2.75, 3.05) is 0 Å². The van der Waals surface area contributed by atoms with E-state index in [9.17, 15) is 0 Å². The van der Waals surface area contributed by atoms with Gasteiger partial charge in [0.25, 0.3) is 0 Å². The van der Waals surface area contributed by atoms with Crippen molar-refractivity contribution in [2.24, 2.45) is 0 Å². The van der Waals surface area contributed by atoms with Gasteiger partial charge in [-0.25, -0.2) is 0 Å². The molecular weight excluding hydrogens is 202 g/mol. The molecule has 0 unspecified atom stereocenters. The zero-order valence-corrected chi connectivity index (χ0v) is 5.49. The van der Waals surface area contributed by atoms with Crippen LogP contribution < -0.4 is 0 Å². The first-order chi connectivity index (χ1) is 1.73. The quantitative estimate of drug-likeness (QED) is 0.247. The largest absolute Gasteiger partial charge is 0.439 e. The van der Waals surface area contributed by atoms with Crippen LogP contribution >= 0.6 is 0 Å². The van der Waals surface area contributed by atoms with Gasteiger partial charge in [-0.15, -0.1) is 0 Å². The average Bonchev–Trinajstić information content (AvgIpc) is 0.811. The SMILES string of the molecule is O=[S-](=O)O.[Sb]. The van der Waals surface area contributed by atoms with Gasteiger partial charge in [-0.2, -0.15) is 0 Å². The second-order valence-corrected chi connectivity index (χ2v) is 0.651. The van der Waals surface area contributed by atoms with Gasteiger partial charge in [-0.3, -0.25) is 0 Å². The Labute approximate surface area is 48.6 Å². The van der Waals surface area contributed by atoms with Crippen LogP contribution in [-0.4, -0.2) is 29.0 Å². The van der Waals surface area contributed by atoms with Crippen LogP contribution in [0.3, 0.4) is 0 Å². The average molecular weight is 203 g/mol. The Morgan fingerprint density at radius 2 is 1.40 bits per heavy atom. The van der Waals surface area contributed by atoms with Crippen LogP contribution in [0.4, 0.5) is 0 Å². The summed E-state index contributed by atoms with van der Waals surface area (Å²) in [4.78, 5) is 0. The second-order valence-electron chi connectivity index (χ2n) is 0.217. The van der Waals surface area contributed by atoms with Gasteiger partial charge in [0.05, 0.1) is 0 Å². The molecule has 0 aliphatic rings. The summed E-state index contributed by atoms with van der Waals surface area (Å²) in [6.45, 7) is 0. The van der Waals surface area contributed by atoms with E-state index in [0.29, 0.717) is 0 Å². The van der Waals surface area contributed by atoms with Crippen LogP contribution in [0.5, 0.6) is 0 Å². The molecule has 0 aliphatic heterocycles. The molecule has 5 heteroatoms. The van der Waals surface area contributed by atoms with E-state index in [1.807, 2.05) is 0 Å². The number of hydrogen-bond donors (Lipinski definition) is 1. The Hall–Kier alpha value is 0.728. The van der Waals surface area contributed by atoms with Crippen molar-refractivity contribution in [3.8, 4) is 0 Å². The Kier molecular flexibility index (Phi) is 8.71. The third-order valence-corrected chi connectivity index (χ3v) is 0. The summed E-state index contributed by atoms with van der Waals surface area (Å²) in [5.74, 6) is 0. The van der Waals surface area contributed by atoms with Crippen molar-refractivity contribution in [3.05, 3.63) is 0 Å². The smallest absolute Gasteiger partial charge is 0.0495 e. The van der Waals surface area contributed by atoms with Crippen LogP contribution in [0.1, 0.15) is 0 Å². The van der Waals surface area contributed by atoms with Crippen LogP contribution in [0.15, 0.2) is 0 Å². The van der Waals surface area contributed by atoms with Crippen molar-refractivity contribution >= 4 is 35.4 Å². The number of hydrogen-bond acceptors (Lipinski definition) is 3. The minimum atomic E-state index is -2.86. The van der Waals surface area contributed by atoms with Gasteiger partial charge >= 0.3 is 0 Å². The van der Waals surface area contributed by atoms with Gasteiger partial charge < -0.3 is 13.0 Å². The summed E-state index contributed by atoms with van der Waals surface area (Å²) in [5, 5.41) is 0. The molecule has 0 amide bonds. The molecule has 1 N–H and O–H groups in total. The first-order valence-electron chi connectivity index (χ1n) is 0.516. The van der Waals surface area contributed by atoms with Crippen LogP contribution in [0.2, 0.25) is 0 Å². The molecule has 31 valence electrons. The van der Waals surface area contributed by atoms with E-state index in [1.165, 1.54) is 0 Å². The standard InChI is InChI=1S/HO3S.Sb/c1-4(2)3;/h(H,1,2,3);/q-1;. The Morgan fingerprint density at radius 3 is 1.40 bits per heavy atom. The molecule has 0 atom stereocenters. The fraction of sp³-hybridized carbons (Fsp3) is 0. The van der Waals surface area contributed by atoms with Crippen molar-refractivity contribution in [3.63, 3.8) is 0 Å².